The molecule has 1 aliphatic heterocycles. The van der Waals surface area contributed by atoms with Gasteiger partial charge in [-0.2, -0.15) is 0 Å². The van der Waals surface area contributed by atoms with E-state index in [2.05, 4.69) is 22.1 Å². The number of carbonyl (C=O) groups is 2. The van der Waals surface area contributed by atoms with E-state index < -0.39 is 0 Å². The first kappa shape index (κ1) is 18.9. The summed E-state index contributed by atoms with van der Waals surface area (Å²) in [5.74, 6) is 0.785. The summed E-state index contributed by atoms with van der Waals surface area (Å²) in [6.07, 6.45) is 3.76. The number of anilines is 1. The molecule has 1 N–H and O–H groups in total. The predicted octanol–water partition coefficient (Wildman–Crippen LogP) is 2.57. The second-order valence-corrected chi connectivity index (χ2v) is 6.66. The molecule has 1 saturated heterocycles. The van der Waals surface area contributed by atoms with Crippen LogP contribution in [0, 0.1) is 0 Å². The zero-order valence-electron chi connectivity index (χ0n) is 15.7. The predicted molar refractivity (Wildman–Crippen MR) is 106 cm³/mol. The maximum absolute atomic E-state index is 12.8. The van der Waals surface area contributed by atoms with Gasteiger partial charge in [0.25, 0.3) is 11.8 Å². The monoisotopic (exact) mass is 366 g/mol. The summed E-state index contributed by atoms with van der Waals surface area (Å²) in [5, 5.41) is 2.89. The third-order valence-electron chi connectivity index (χ3n) is 4.73. The van der Waals surface area contributed by atoms with Crippen LogP contribution in [0.2, 0.25) is 0 Å². The van der Waals surface area contributed by atoms with E-state index in [1.807, 2.05) is 23.1 Å². The van der Waals surface area contributed by atoms with Crippen LogP contribution < -0.4 is 10.2 Å². The molecular formula is C21H26N4O2. The average Bonchev–Trinajstić information content (AvgIpc) is 2.74. The second-order valence-electron chi connectivity index (χ2n) is 6.66. The zero-order valence-corrected chi connectivity index (χ0v) is 15.7. The van der Waals surface area contributed by atoms with Crippen LogP contribution in [0.4, 0.5) is 5.82 Å². The van der Waals surface area contributed by atoms with E-state index in [4.69, 9.17) is 0 Å². The van der Waals surface area contributed by atoms with E-state index in [1.54, 1.807) is 30.5 Å². The summed E-state index contributed by atoms with van der Waals surface area (Å²) < 4.78 is 0. The van der Waals surface area contributed by atoms with Crippen LogP contribution in [0.25, 0.3) is 0 Å². The number of piperazine rings is 1. The molecule has 27 heavy (non-hydrogen) atoms. The lowest BCUT2D eigenvalue weighted by Gasteiger charge is -2.35. The molecule has 0 saturated carbocycles. The minimum atomic E-state index is -0.127. The quantitative estimate of drug-likeness (QED) is 0.798. The normalized spacial score (nSPS) is 14.1. The standard InChI is InChI=1S/C21H26N4O2/c1-2-3-10-23-20(26)17-7-6-8-18(16-17)21(27)25-14-12-24(13-15-25)19-9-4-5-11-22-19/h4-9,11,16H,2-3,10,12-15H2,1H3,(H,23,26). The van der Waals surface area contributed by atoms with Crippen LogP contribution in [0.3, 0.4) is 0 Å². The Bertz CT molecular complexity index is 771. The summed E-state index contributed by atoms with van der Waals surface area (Å²) in [6, 6.07) is 12.8. The number of nitrogens with one attached hydrogen (secondary N) is 1. The fourth-order valence-electron chi connectivity index (χ4n) is 3.14. The Kier molecular flexibility index (Phi) is 6.41. The molecular weight excluding hydrogens is 340 g/mol. The van der Waals surface area contributed by atoms with E-state index in [0.717, 1.165) is 31.7 Å². The van der Waals surface area contributed by atoms with Crippen LogP contribution in [-0.2, 0) is 0 Å². The molecule has 1 aromatic heterocycles. The molecule has 6 nitrogen and oxygen atoms in total. The van der Waals surface area contributed by atoms with E-state index in [0.29, 0.717) is 30.8 Å². The van der Waals surface area contributed by atoms with E-state index >= 15 is 0 Å². The maximum Gasteiger partial charge on any atom is 0.253 e. The third kappa shape index (κ3) is 4.84. The van der Waals surface area contributed by atoms with Gasteiger partial charge in [0, 0.05) is 50.0 Å². The Morgan fingerprint density at radius 3 is 2.52 bits per heavy atom. The Labute approximate surface area is 160 Å². The largest absolute Gasteiger partial charge is 0.353 e. The minimum Gasteiger partial charge on any atom is -0.353 e. The summed E-state index contributed by atoms with van der Waals surface area (Å²) >= 11 is 0. The highest BCUT2D eigenvalue weighted by atomic mass is 16.2. The van der Waals surface area contributed by atoms with Crippen LogP contribution in [0.15, 0.2) is 48.7 Å². The van der Waals surface area contributed by atoms with Gasteiger partial charge in [-0.05, 0) is 36.8 Å². The van der Waals surface area contributed by atoms with Gasteiger partial charge in [0.05, 0.1) is 0 Å². The van der Waals surface area contributed by atoms with E-state index in [9.17, 15) is 9.59 Å². The first-order valence-electron chi connectivity index (χ1n) is 9.52. The van der Waals surface area contributed by atoms with Crippen molar-refractivity contribution in [1.82, 2.24) is 15.2 Å². The number of hydrogen-bond acceptors (Lipinski definition) is 4. The highest BCUT2D eigenvalue weighted by Crippen LogP contribution is 2.15. The molecule has 0 bridgehead atoms. The van der Waals surface area contributed by atoms with Crippen molar-refractivity contribution < 1.29 is 9.59 Å². The van der Waals surface area contributed by atoms with Crippen LogP contribution in [0.1, 0.15) is 40.5 Å². The smallest absolute Gasteiger partial charge is 0.253 e. The van der Waals surface area contributed by atoms with Crippen molar-refractivity contribution in [1.29, 1.82) is 0 Å². The van der Waals surface area contributed by atoms with Crippen molar-refractivity contribution in [2.24, 2.45) is 0 Å². The maximum atomic E-state index is 12.8. The van der Waals surface area contributed by atoms with Gasteiger partial charge < -0.3 is 15.1 Å². The van der Waals surface area contributed by atoms with Gasteiger partial charge >= 0.3 is 0 Å². The summed E-state index contributed by atoms with van der Waals surface area (Å²) in [4.78, 5) is 33.5. The summed E-state index contributed by atoms with van der Waals surface area (Å²) in [5.41, 5.74) is 1.09. The zero-order chi connectivity index (χ0) is 19.1. The average molecular weight is 366 g/mol. The molecule has 0 radical (unpaired) electrons. The number of aromatic nitrogens is 1. The van der Waals surface area contributed by atoms with Crippen molar-refractivity contribution in [2.75, 3.05) is 37.6 Å². The lowest BCUT2D eigenvalue weighted by molar-refractivity contribution is 0.0746. The summed E-state index contributed by atoms with van der Waals surface area (Å²) in [6.45, 7) is 5.52. The van der Waals surface area contributed by atoms with Crippen LogP contribution in [0.5, 0.6) is 0 Å². The molecule has 2 aromatic rings. The number of rotatable bonds is 6. The minimum absolute atomic E-state index is 0.0288. The first-order valence-corrected chi connectivity index (χ1v) is 9.52. The van der Waals surface area contributed by atoms with Gasteiger partial charge in [-0.1, -0.05) is 25.5 Å². The Morgan fingerprint density at radius 2 is 1.81 bits per heavy atom. The molecule has 0 spiro atoms. The van der Waals surface area contributed by atoms with Gasteiger partial charge in [-0.3, -0.25) is 9.59 Å². The number of unbranched alkanes of at least 4 members (excludes halogenated alkanes) is 1. The lowest BCUT2D eigenvalue weighted by atomic mass is 10.1. The first-order chi connectivity index (χ1) is 13.2. The molecule has 142 valence electrons. The molecule has 1 aliphatic rings. The van der Waals surface area contributed by atoms with Gasteiger partial charge in [-0.25, -0.2) is 4.98 Å². The number of hydrogen-bond donors (Lipinski definition) is 1. The Balaban J connectivity index is 1.60. The SMILES string of the molecule is CCCCNC(=O)c1cccc(C(=O)N2CCN(c3ccccn3)CC2)c1. The summed E-state index contributed by atoms with van der Waals surface area (Å²) in [7, 11) is 0. The lowest BCUT2D eigenvalue weighted by Crippen LogP contribution is -2.49. The highest BCUT2D eigenvalue weighted by molar-refractivity contribution is 5.99. The topological polar surface area (TPSA) is 65.5 Å². The Hall–Kier alpha value is -2.89. The van der Waals surface area contributed by atoms with Gasteiger partial charge in [0.2, 0.25) is 0 Å². The van der Waals surface area contributed by atoms with Crippen LogP contribution >= 0.6 is 0 Å². The molecule has 6 heteroatoms. The van der Waals surface area contributed by atoms with Crippen molar-refractivity contribution in [2.45, 2.75) is 19.8 Å². The fraction of sp³-hybridized carbons (Fsp3) is 0.381. The molecule has 0 aliphatic carbocycles. The number of benzene rings is 1. The van der Waals surface area contributed by atoms with Gasteiger partial charge in [-0.15, -0.1) is 0 Å². The molecule has 1 fully saturated rings. The number of carbonyl (C=O) groups excluding carboxylic acids is 2. The molecule has 3 rings (SSSR count). The third-order valence-corrected chi connectivity index (χ3v) is 4.73. The van der Waals surface area contributed by atoms with Crippen molar-refractivity contribution >= 4 is 17.6 Å². The number of pyridine rings is 1. The van der Waals surface area contributed by atoms with Crippen molar-refractivity contribution in [3.05, 3.63) is 59.8 Å². The second kappa shape index (κ2) is 9.16. The van der Waals surface area contributed by atoms with Gasteiger partial charge in [0.1, 0.15) is 5.82 Å². The van der Waals surface area contributed by atoms with Crippen molar-refractivity contribution in [3.63, 3.8) is 0 Å². The van der Waals surface area contributed by atoms with E-state index in [-0.39, 0.29) is 11.8 Å². The Morgan fingerprint density at radius 1 is 1.04 bits per heavy atom. The molecule has 0 atom stereocenters. The molecule has 2 heterocycles. The number of nitrogens with zero attached hydrogens (tertiary/aromatic N) is 3. The number of amides is 2. The molecule has 1 aromatic carbocycles. The van der Waals surface area contributed by atoms with Gasteiger partial charge in [0.15, 0.2) is 0 Å². The molecule has 0 unspecified atom stereocenters. The van der Waals surface area contributed by atoms with Crippen LogP contribution in [-0.4, -0.2) is 54.4 Å². The highest BCUT2D eigenvalue weighted by Gasteiger charge is 2.23. The van der Waals surface area contributed by atoms with E-state index in [1.165, 1.54) is 0 Å². The van der Waals surface area contributed by atoms with Crippen molar-refractivity contribution in [3.8, 4) is 0 Å². The fourth-order valence-corrected chi connectivity index (χ4v) is 3.14. The molecule has 2 amide bonds.